The molecular weight excluding hydrogens is 310 g/mol. The predicted molar refractivity (Wildman–Crippen MR) is 103 cm³/mol. The molecule has 1 atom stereocenters. The van der Waals surface area contributed by atoms with Crippen LogP contribution in [-0.2, 0) is 0 Å². The number of benzene rings is 2. The molecule has 3 heteroatoms. The number of unbranched alkanes of at least 4 members (excludes halogenated alkanes) is 4. The Morgan fingerprint density at radius 3 is 2.32 bits per heavy atom. The Bertz CT molecular complexity index is 622. The normalized spacial score (nSPS) is 11.8. The zero-order valence-corrected chi connectivity index (χ0v) is 15.3. The maximum absolute atomic E-state index is 12.3. The Balaban J connectivity index is 1.78. The summed E-state index contributed by atoms with van der Waals surface area (Å²) in [6, 6.07) is 17.3. The Kier molecular flexibility index (Phi) is 8.03. The highest BCUT2D eigenvalue weighted by atomic mass is 16.5. The lowest BCUT2D eigenvalue weighted by Gasteiger charge is -2.14. The van der Waals surface area contributed by atoms with Gasteiger partial charge >= 0.3 is 0 Å². The summed E-state index contributed by atoms with van der Waals surface area (Å²) in [6.07, 6.45) is 6.12. The van der Waals surface area contributed by atoms with Crippen molar-refractivity contribution in [3.05, 3.63) is 65.7 Å². The van der Waals surface area contributed by atoms with Gasteiger partial charge in [-0.3, -0.25) is 4.79 Å². The van der Waals surface area contributed by atoms with Crippen LogP contribution in [-0.4, -0.2) is 12.5 Å². The Morgan fingerprint density at radius 1 is 0.960 bits per heavy atom. The molecule has 2 aromatic carbocycles. The fourth-order valence-corrected chi connectivity index (χ4v) is 2.70. The van der Waals surface area contributed by atoms with E-state index in [2.05, 4.69) is 12.2 Å². The van der Waals surface area contributed by atoms with E-state index >= 15 is 0 Å². The number of nitrogens with one attached hydrogen (secondary N) is 1. The third-order valence-corrected chi connectivity index (χ3v) is 4.28. The molecule has 134 valence electrons. The Hall–Kier alpha value is -2.29. The fraction of sp³-hybridized carbons (Fsp3) is 0.409. The van der Waals surface area contributed by atoms with E-state index in [9.17, 15) is 4.79 Å². The highest BCUT2D eigenvalue weighted by Gasteiger charge is 2.11. The smallest absolute Gasteiger partial charge is 0.251 e. The first kappa shape index (κ1) is 19.0. The number of carbonyl (C=O) groups excluding carboxylic acids is 1. The average Bonchev–Trinajstić information content (AvgIpc) is 2.65. The Labute approximate surface area is 151 Å². The van der Waals surface area contributed by atoms with Crippen molar-refractivity contribution in [3.63, 3.8) is 0 Å². The zero-order valence-electron chi connectivity index (χ0n) is 15.3. The van der Waals surface area contributed by atoms with Crippen molar-refractivity contribution in [3.8, 4) is 5.75 Å². The van der Waals surface area contributed by atoms with Gasteiger partial charge in [0.1, 0.15) is 5.75 Å². The molecule has 0 fully saturated rings. The number of carbonyl (C=O) groups is 1. The molecule has 0 radical (unpaired) electrons. The zero-order chi connectivity index (χ0) is 17.9. The van der Waals surface area contributed by atoms with E-state index in [-0.39, 0.29) is 11.9 Å². The second-order valence-corrected chi connectivity index (χ2v) is 6.39. The number of rotatable bonds is 10. The molecule has 0 saturated carbocycles. The SMILES string of the molecule is CCCCCCCOc1ccc(C(=O)NC(C)c2ccccc2)cc1. The minimum absolute atomic E-state index is 0.0206. The second-order valence-electron chi connectivity index (χ2n) is 6.39. The molecule has 25 heavy (non-hydrogen) atoms. The van der Waals surface area contributed by atoms with Gasteiger partial charge in [0.2, 0.25) is 0 Å². The van der Waals surface area contributed by atoms with Crippen LogP contribution in [0.2, 0.25) is 0 Å². The summed E-state index contributed by atoms with van der Waals surface area (Å²) in [5.74, 6) is 0.755. The van der Waals surface area contributed by atoms with Gasteiger partial charge in [-0.1, -0.05) is 62.9 Å². The van der Waals surface area contributed by atoms with Gasteiger partial charge in [0.15, 0.2) is 0 Å². The summed E-state index contributed by atoms with van der Waals surface area (Å²) >= 11 is 0. The first-order chi connectivity index (χ1) is 12.2. The van der Waals surface area contributed by atoms with E-state index in [1.54, 1.807) is 0 Å². The van der Waals surface area contributed by atoms with Crippen LogP contribution in [0.1, 0.15) is 67.9 Å². The number of hydrogen-bond donors (Lipinski definition) is 1. The molecule has 2 rings (SSSR count). The molecule has 1 unspecified atom stereocenters. The van der Waals surface area contributed by atoms with Gasteiger partial charge in [-0.2, -0.15) is 0 Å². The molecule has 0 aliphatic rings. The minimum atomic E-state index is -0.0672. The van der Waals surface area contributed by atoms with Gasteiger partial charge in [0.05, 0.1) is 12.6 Å². The standard InChI is InChI=1S/C22H29NO2/c1-3-4-5-6-10-17-25-21-15-13-20(14-16-21)22(24)23-18(2)19-11-8-7-9-12-19/h7-9,11-16,18H,3-6,10,17H2,1-2H3,(H,23,24). The van der Waals surface area contributed by atoms with Crippen molar-refractivity contribution in [2.24, 2.45) is 0 Å². The van der Waals surface area contributed by atoms with Crippen molar-refractivity contribution in [1.82, 2.24) is 5.32 Å². The van der Waals surface area contributed by atoms with Gasteiger partial charge in [0, 0.05) is 5.56 Å². The highest BCUT2D eigenvalue weighted by molar-refractivity contribution is 5.94. The summed E-state index contributed by atoms with van der Waals surface area (Å²) < 4.78 is 5.74. The first-order valence-electron chi connectivity index (χ1n) is 9.29. The molecule has 0 bridgehead atoms. The Morgan fingerprint density at radius 2 is 1.64 bits per heavy atom. The van der Waals surface area contributed by atoms with E-state index in [1.807, 2.05) is 61.5 Å². The topological polar surface area (TPSA) is 38.3 Å². The van der Waals surface area contributed by atoms with Crippen molar-refractivity contribution >= 4 is 5.91 Å². The lowest BCUT2D eigenvalue weighted by molar-refractivity contribution is 0.0940. The molecule has 1 amide bonds. The molecule has 0 heterocycles. The lowest BCUT2D eigenvalue weighted by Crippen LogP contribution is -2.26. The summed E-state index contributed by atoms with van der Waals surface area (Å²) in [6.45, 7) is 4.94. The van der Waals surface area contributed by atoms with Crippen LogP contribution in [0, 0.1) is 0 Å². The molecule has 0 spiro atoms. The first-order valence-corrected chi connectivity index (χ1v) is 9.29. The lowest BCUT2D eigenvalue weighted by atomic mass is 10.1. The van der Waals surface area contributed by atoms with E-state index in [0.717, 1.165) is 24.3 Å². The van der Waals surface area contributed by atoms with E-state index < -0.39 is 0 Å². The third kappa shape index (κ3) is 6.61. The maximum atomic E-state index is 12.3. The van der Waals surface area contributed by atoms with Crippen LogP contribution >= 0.6 is 0 Å². The van der Waals surface area contributed by atoms with Crippen molar-refractivity contribution < 1.29 is 9.53 Å². The summed E-state index contributed by atoms with van der Waals surface area (Å²) in [5.41, 5.74) is 1.75. The molecule has 0 aliphatic heterocycles. The minimum Gasteiger partial charge on any atom is -0.494 e. The number of amides is 1. The molecular formula is C22H29NO2. The second kappa shape index (κ2) is 10.5. The van der Waals surface area contributed by atoms with E-state index in [1.165, 1.54) is 25.7 Å². The molecule has 2 aromatic rings. The predicted octanol–water partition coefficient (Wildman–Crippen LogP) is 5.53. The van der Waals surface area contributed by atoms with Gasteiger partial charge in [-0.25, -0.2) is 0 Å². The van der Waals surface area contributed by atoms with Crippen LogP contribution in [0.25, 0.3) is 0 Å². The van der Waals surface area contributed by atoms with Crippen LogP contribution < -0.4 is 10.1 Å². The van der Waals surface area contributed by atoms with Crippen molar-refractivity contribution in [2.45, 2.75) is 52.0 Å². The monoisotopic (exact) mass is 339 g/mol. The van der Waals surface area contributed by atoms with Gasteiger partial charge in [-0.05, 0) is 43.2 Å². The highest BCUT2D eigenvalue weighted by Crippen LogP contribution is 2.16. The molecule has 0 saturated heterocycles. The van der Waals surface area contributed by atoms with Gasteiger partial charge < -0.3 is 10.1 Å². The quantitative estimate of drug-likeness (QED) is 0.578. The van der Waals surface area contributed by atoms with Crippen molar-refractivity contribution in [2.75, 3.05) is 6.61 Å². The van der Waals surface area contributed by atoms with E-state index in [0.29, 0.717) is 5.56 Å². The van der Waals surface area contributed by atoms with Gasteiger partial charge in [-0.15, -0.1) is 0 Å². The van der Waals surface area contributed by atoms with Gasteiger partial charge in [0.25, 0.3) is 5.91 Å². The summed E-state index contributed by atoms with van der Waals surface area (Å²) in [7, 11) is 0. The van der Waals surface area contributed by atoms with E-state index in [4.69, 9.17) is 4.74 Å². The summed E-state index contributed by atoms with van der Waals surface area (Å²) in [4.78, 5) is 12.3. The molecule has 1 N–H and O–H groups in total. The van der Waals surface area contributed by atoms with Crippen LogP contribution in [0.3, 0.4) is 0 Å². The van der Waals surface area contributed by atoms with Crippen LogP contribution in [0.15, 0.2) is 54.6 Å². The number of ether oxygens (including phenoxy) is 1. The fourth-order valence-electron chi connectivity index (χ4n) is 2.70. The summed E-state index contributed by atoms with van der Waals surface area (Å²) in [5, 5.41) is 3.02. The largest absolute Gasteiger partial charge is 0.494 e. The van der Waals surface area contributed by atoms with Crippen LogP contribution in [0.4, 0.5) is 0 Å². The van der Waals surface area contributed by atoms with Crippen LogP contribution in [0.5, 0.6) is 5.75 Å². The molecule has 0 aromatic heterocycles. The third-order valence-electron chi connectivity index (χ3n) is 4.28. The molecule has 3 nitrogen and oxygen atoms in total. The maximum Gasteiger partial charge on any atom is 0.251 e. The number of hydrogen-bond acceptors (Lipinski definition) is 2. The molecule has 0 aliphatic carbocycles. The average molecular weight is 339 g/mol. The van der Waals surface area contributed by atoms with Crippen molar-refractivity contribution in [1.29, 1.82) is 0 Å².